The molecular formula is C9H8ClFO2. The lowest BCUT2D eigenvalue weighted by Crippen LogP contribution is -2.03. The molecule has 0 fully saturated rings. The van der Waals surface area contributed by atoms with Crippen LogP contribution in [0.25, 0.3) is 0 Å². The number of carbonyl (C=O) groups is 1. The topological polar surface area (TPSA) is 37.3 Å². The summed E-state index contributed by atoms with van der Waals surface area (Å²) in [6, 6.07) is 2.64. The first kappa shape index (κ1) is 9.99. The van der Waals surface area contributed by atoms with E-state index in [1.165, 1.54) is 19.1 Å². The van der Waals surface area contributed by atoms with Gasteiger partial charge >= 0.3 is 5.97 Å². The molecule has 70 valence electrons. The van der Waals surface area contributed by atoms with Crippen molar-refractivity contribution in [3.63, 3.8) is 0 Å². The van der Waals surface area contributed by atoms with Gasteiger partial charge in [-0.05, 0) is 30.2 Å². The Bertz CT molecular complexity index is 350. The van der Waals surface area contributed by atoms with Crippen LogP contribution in [0, 0.1) is 12.7 Å². The van der Waals surface area contributed by atoms with Crippen molar-refractivity contribution in [1.29, 1.82) is 0 Å². The molecule has 0 bridgehead atoms. The highest BCUT2D eigenvalue weighted by molar-refractivity contribution is 6.30. The molecular weight excluding hydrogens is 195 g/mol. The summed E-state index contributed by atoms with van der Waals surface area (Å²) in [7, 11) is 0. The van der Waals surface area contributed by atoms with Gasteiger partial charge in [-0.3, -0.25) is 4.79 Å². The highest BCUT2D eigenvalue weighted by Gasteiger charge is 2.09. The fraction of sp³-hybridized carbons (Fsp3) is 0.222. The standard InChI is InChI=1S/C9H8ClFO2/c1-5-6(3-9(12)13)2-7(10)4-8(5)11/h2,4H,3H2,1H3,(H,12,13). The van der Waals surface area contributed by atoms with Crippen molar-refractivity contribution in [2.45, 2.75) is 13.3 Å². The number of aliphatic carboxylic acids is 1. The third-order valence-electron chi connectivity index (χ3n) is 1.76. The maximum absolute atomic E-state index is 13.0. The first-order chi connectivity index (χ1) is 6.00. The first-order valence-electron chi connectivity index (χ1n) is 3.67. The predicted octanol–water partition coefficient (Wildman–Crippen LogP) is 2.41. The lowest BCUT2D eigenvalue weighted by Gasteiger charge is -2.04. The molecule has 0 spiro atoms. The average Bonchev–Trinajstić information content (AvgIpc) is 1.98. The van der Waals surface area contributed by atoms with E-state index in [4.69, 9.17) is 16.7 Å². The molecule has 13 heavy (non-hydrogen) atoms. The molecule has 0 saturated carbocycles. The normalized spacial score (nSPS) is 10.1. The molecule has 0 aromatic heterocycles. The van der Waals surface area contributed by atoms with Crippen molar-refractivity contribution in [3.05, 3.63) is 34.1 Å². The molecule has 4 heteroatoms. The minimum absolute atomic E-state index is 0.205. The van der Waals surface area contributed by atoms with Crippen LogP contribution in [0.15, 0.2) is 12.1 Å². The molecule has 1 aromatic carbocycles. The number of carboxylic acids is 1. The Kier molecular flexibility index (Phi) is 2.88. The molecule has 0 aliphatic heterocycles. The summed E-state index contributed by atoms with van der Waals surface area (Å²) in [6.07, 6.45) is -0.205. The van der Waals surface area contributed by atoms with Crippen LogP contribution in [0.2, 0.25) is 5.02 Å². The SMILES string of the molecule is Cc1c(F)cc(Cl)cc1CC(=O)O. The van der Waals surface area contributed by atoms with Crippen molar-refractivity contribution in [1.82, 2.24) is 0 Å². The van der Waals surface area contributed by atoms with Gasteiger partial charge in [-0.1, -0.05) is 11.6 Å². The molecule has 0 radical (unpaired) electrons. The van der Waals surface area contributed by atoms with E-state index in [2.05, 4.69) is 0 Å². The van der Waals surface area contributed by atoms with Crippen molar-refractivity contribution >= 4 is 17.6 Å². The molecule has 0 heterocycles. The Morgan fingerprint density at radius 1 is 1.62 bits per heavy atom. The minimum Gasteiger partial charge on any atom is -0.481 e. The predicted molar refractivity (Wildman–Crippen MR) is 47.5 cm³/mol. The van der Waals surface area contributed by atoms with Crippen LogP contribution in [0.1, 0.15) is 11.1 Å². The van der Waals surface area contributed by atoms with E-state index < -0.39 is 11.8 Å². The van der Waals surface area contributed by atoms with Gasteiger partial charge in [0.05, 0.1) is 6.42 Å². The zero-order valence-corrected chi connectivity index (χ0v) is 7.73. The minimum atomic E-state index is -0.996. The molecule has 2 nitrogen and oxygen atoms in total. The molecule has 0 atom stereocenters. The Balaban J connectivity index is 3.12. The third kappa shape index (κ3) is 2.42. The van der Waals surface area contributed by atoms with Crippen molar-refractivity contribution in [2.24, 2.45) is 0 Å². The third-order valence-corrected chi connectivity index (χ3v) is 1.98. The van der Waals surface area contributed by atoms with E-state index in [9.17, 15) is 9.18 Å². The molecule has 1 aromatic rings. The molecule has 0 saturated heterocycles. The molecule has 0 amide bonds. The van der Waals surface area contributed by atoms with Gasteiger partial charge in [-0.25, -0.2) is 4.39 Å². The number of hydrogen-bond donors (Lipinski definition) is 1. The van der Waals surface area contributed by atoms with Gasteiger partial charge in [-0.15, -0.1) is 0 Å². The van der Waals surface area contributed by atoms with Crippen LogP contribution >= 0.6 is 11.6 Å². The second-order valence-corrected chi connectivity index (χ2v) is 3.18. The van der Waals surface area contributed by atoms with E-state index in [0.29, 0.717) is 11.1 Å². The van der Waals surface area contributed by atoms with Gasteiger partial charge in [0, 0.05) is 5.02 Å². The summed E-state index contributed by atoms with van der Waals surface area (Å²) < 4.78 is 13.0. The van der Waals surface area contributed by atoms with Crippen molar-refractivity contribution in [3.8, 4) is 0 Å². The molecule has 0 unspecified atom stereocenters. The average molecular weight is 203 g/mol. The van der Waals surface area contributed by atoms with Crippen LogP contribution in [0.4, 0.5) is 4.39 Å². The van der Waals surface area contributed by atoms with Crippen LogP contribution in [-0.4, -0.2) is 11.1 Å². The molecule has 1 N–H and O–H groups in total. The van der Waals surface area contributed by atoms with Gasteiger partial charge in [-0.2, -0.15) is 0 Å². The number of rotatable bonds is 2. The van der Waals surface area contributed by atoms with E-state index in [1.54, 1.807) is 0 Å². The lowest BCUT2D eigenvalue weighted by atomic mass is 10.1. The van der Waals surface area contributed by atoms with Crippen LogP contribution < -0.4 is 0 Å². The van der Waals surface area contributed by atoms with Gasteiger partial charge in [0.15, 0.2) is 0 Å². The van der Waals surface area contributed by atoms with Crippen molar-refractivity contribution in [2.75, 3.05) is 0 Å². The summed E-state index contributed by atoms with van der Waals surface area (Å²) >= 11 is 5.57. The van der Waals surface area contributed by atoms with Crippen LogP contribution in [0.3, 0.4) is 0 Å². The molecule has 0 aliphatic carbocycles. The summed E-state index contributed by atoms with van der Waals surface area (Å²) in [5.74, 6) is -1.46. The quantitative estimate of drug-likeness (QED) is 0.800. The molecule has 0 aliphatic rings. The smallest absolute Gasteiger partial charge is 0.307 e. The van der Waals surface area contributed by atoms with Gasteiger partial charge < -0.3 is 5.11 Å². The van der Waals surface area contributed by atoms with Gasteiger partial charge in [0.25, 0.3) is 0 Å². The Hall–Kier alpha value is -1.09. The summed E-state index contributed by atoms with van der Waals surface area (Å²) in [5.41, 5.74) is 0.754. The number of carboxylic acid groups (broad SMARTS) is 1. The second-order valence-electron chi connectivity index (χ2n) is 2.74. The monoisotopic (exact) mass is 202 g/mol. The van der Waals surface area contributed by atoms with E-state index in [1.807, 2.05) is 0 Å². The molecule has 1 rings (SSSR count). The van der Waals surface area contributed by atoms with Gasteiger partial charge in [0.2, 0.25) is 0 Å². The Morgan fingerprint density at radius 3 is 2.77 bits per heavy atom. The summed E-state index contributed by atoms with van der Waals surface area (Å²) in [4.78, 5) is 10.4. The first-order valence-corrected chi connectivity index (χ1v) is 4.05. The Morgan fingerprint density at radius 2 is 2.23 bits per heavy atom. The van der Waals surface area contributed by atoms with Crippen molar-refractivity contribution < 1.29 is 14.3 Å². The second kappa shape index (κ2) is 3.75. The largest absolute Gasteiger partial charge is 0.481 e. The highest BCUT2D eigenvalue weighted by Crippen LogP contribution is 2.19. The number of halogens is 2. The summed E-state index contributed by atoms with van der Waals surface area (Å²) in [5, 5.41) is 8.73. The Labute approximate surface area is 80.0 Å². The van der Waals surface area contributed by atoms with E-state index in [0.717, 1.165) is 0 Å². The zero-order chi connectivity index (χ0) is 10.0. The fourth-order valence-corrected chi connectivity index (χ4v) is 1.27. The number of benzene rings is 1. The van der Waals surface area contributed by atoms with Gasteiger partial charge in [0.1, 0.15) is 5.82 Å². The van der Waals surface area contributed by atoms with Crippen LogP contribution in [0.5, 0.6) is 0 Å². The zero-order valence-electron chi connectivity index (χ0n) is 6.97. The number of hydrogen-bond acceptors (Lipinski definition) is 1. The maximum Gasteiger partial charge on any atom is 0.307 e. The highest BCUT2D eigenvalue weighted by atomic mass is 35.5. The van der Waals surface area contributed by atoms with E-state index >= 15 is 0 Å². The fourth-order valence-electron chi connectivity index (χ4n) is 1.05. The lowest BCUT2D eigenvalue weighted by molar-refractivity contribution is -0.136. The maximum atomic E-state index is 13.0. The summed E-state index contributed by atoms with van der Waals surface area (Å²) in [6.45, 7) is 1.53. The van der Waals surface area contributed by atoms with Crippen LogP contribution in [-0.2, 0) is 11.2 Å². The van der Waals surface area contributed by atoms with E-state index in [-0.39, 0.29) is 11.4 Å².